The Morgan fingerprint density at radius 2 is 2.35 bits per heavy atom. The molecule has 0 aromatic carbocycles. The van der Waals surface area contributed by atoms with Gasteiger partial charge in [-0.25, -0.2) is 0 Å². The Morgan fingerprint density at radius 3 is 3.10 bits per heavy atom. The molecule has 110 valence electrons. The maximum atomic E-state index is 11.6. The summed E-state index contributed by atoms with van der Waals surface area (Å²) in [5.41, 5.74) is 0.922. The SMILES string of the molecule is CCCOCCC(=O)NCc1sccc1C#CCCO. The summed E-state index contributed by atoms with van der Waals surface area (Å²) in [4.78, 5) is 12.7. The molecule has 0 aliphatic carbocycles. The number of aliphatic hydroxyl groups is 1. The minimum atomic E-state index is -0.0104. The number of thiophene rings is 1. The fourth-order valence-corrected chi connectivity index (χ4v) is 2.25. The van der Waals surface area contributed by atoms with Gasteiger partial charge in [-0.2, -0.15) is 0 Å². The van der Waals surface area contributed by atoms with Crippen LogP contribution in [-0.2, 0) is 16.1 Å². The average Bonchev–Trinajstić information content (AvgIpc) is 2.89. The van der Waals surface area contributed by atoms with Crippen molar-refractivity contribution in [3.63, 3.8) is 0 Å². The topological polar surface area (TPSA) is 58.6 Å². The first-order chi connectivity index (χ1) is 9.77. The Kier molecular flexibility index (Phi) is 8.72. The van der Waals surface area contributed by atoms with Crippen molar-refractivity contribution in [2.24, 2.45) is 0 Å². The molecule has 1 heterocycles. The molecular weight excluding hydrogens is 274 g/mol. The van der Waals surface area contributed by atoms with E-state index in [9.17, 15) is 4.79 Å². The molecule has 0 fully saturated rings. The van der Waals surface area contributed by atoms with E-state index in [4.69, 9.17) is 9.84 Å². The van der Waals surface area contributed by atoms with Gasteiger partial charge in [-0.15, -0.1) is 11.3 Å². The largest absolute Gasteiger partial charge is 0.395 e. The van der Waals surface area contributed by atoms with Crippen LogP contribution in [0.5, 0.6) is 0 Å². The van der Waals surface area contributed by atoms with Crippen LogP contribution in [0, 0.1) is 11.8 Å². The van der Waals surface area contributed by atoms with Crippen LogP contribution in [0.1, 0.15) is 36.6 Å². The predicted molar refractivity (Wildman–Crippen MR) is 80.5 cm³/mol. The molecule has 0 saturated carbocycles. The van der Waals surface area contributed by atoms with Crippen molar-refractivity contribution >= 4 is 17.2 Å². The first-order valence-corrected chi connectivity index (χ1v) is 7.66. The molecular formula is C15H21NO3S. The molecule has 1 aromatic rings. The zero-order chi connectivity index (χ0) is 14.6. The number of amides is 1. The third kappa shape index (κ3) is 6.71. The quantitative estimate of drug-likeness (QED) is 0.569. The van der Waals surface area contributed by atoms with Gasteiger partial charge in [-0.3, -0.25) is 4.79 Å². The molecule has 0 aliphatic heterocycles. The van der Waals surface area contributed by atoms with Crippen LogP contribution >= 0.6 is 11.3 Å². The third-order valence-electron chi connectivity index (χ3n) is 2.47. The number of ether oxygens (including phenoxy) is 1. The molecule has 0 bridgehead atoms. The van der Waals surface area contributed by atoms with Gasteiger partial charge in [-0.1, -0.05) is 18.8 Å². The second-order valence-corrected chi connectivity index (χ2v) is 5.17. The molecule has 0 spiro atoms. The van der Waals surface area contributed by atoms with Crippen molar-refractivity contribution in [2.75, 3.05) is 19.8 Å². The van der Waals surface area contributed by atoms with E-state index in [-0.39, 0.29) is 12.5 Å². The Labute approximate surface area is 124 Å². The molecule has 5 heteroatoms. The Balaban J connectivity index is 2.33. The van der Waals surface area contributed by atoms with Gasteiger partial charge in [0.25, 0.3) is 0 Å². The van der Waals surface area contributed by atoms with Crippen LogP contribution in [0.25, 0.3) is 0 Å². The van der Waals surface area contributed by atoms with Crippen molar-refractivity contribution < 1.29 is 14.6 Å². The first kappa shape index (κ1) is 16.7. The summed E-state index contributed by atoms with van der Waals surface area (Å²) >= 11 is 1.57. The maximum absolute atomic E-state index is 11.6. The minimum absolute atomic E-state index is 0.0104. The summed E-state index contributed by atoms with van der Waals surface area (Å²) in [6.45, 7) is 3.76. The zero-order valence-corrected chi connectivity index (χ0v) is 12.6. The Bertz CT molecular complexity index is 459. The van der Waals surface area contributed by atoms with E-state index in [0.717, 1.165) is 16.9 Å². The second kappa shape index (κ2) is 10.4. The first-order valence-electron chi connectivity index (χ1n) is 6.78. The van der Waals surface area contributed by atoms with Gasteiger partial charge < -0.3 is 15.2 Å². The third-order valence-corrected chi connectivity index (χ3v) is 3.39. The number of hydrogen-bond acceptors (Lipinski definition) is 4. The van der Waals surface area contributed by atoms with Crippen LogP contribution in [0.2, 0.25) is 0 Å². The van der Waals surface area contributed by atoms with Gasteiger partial charge >= 0.3 is 0 Å². The van der Waals surface area contributed by atoms with Gasteiger partial charge in [0.05, 0.1) is 19.8 Å². The number of nitrogens with one attached hydrogen (secondary N) is 1. The van der Waals surface area contributed by atoms with Crippen molar-refractivity contribution in [1.29, 1.82) is 0 Å². The van der Waals surface area contributed by atoms with Crippen molar-refractivity contribution in [1.82, 2.24) is 5.32 Å². The van der Waals surface area contributed by atoms with E-state index in [0.29, 0.717) is 32.6 Å². The minimum Gasteiger partial charge on any atom is -0.395 e. The smallest absolute Gasteiger partial charge is 0.222 e. The van der Waals surface area contributed by atoms with Gasteiger partial charge in [0.2, 0.25) is 5.91 Å². The zero-order valence-electron chi connectivity index (χ0n) is 11.8. The van der Waals surface area contributed by atoms with Crippen LogP contribution in [0.3, 0.4) is 0 Å². The van der Waals surface area contributed by atoms with Gasteiger partial charge in [-0.05, 0) is 17.9 Å². The van der Waals surface area contributed by atoms with E-state index < -0.39 is 0 Å². The number of aliphatic hydroxyl groups excluding tert-OH is 1. The van der Waals surface area contributed by atoms with Crippen LogP contribution in [-0.4, -0.2) is 30.8 Å². The molecule has 1 aromatic heterocycles. The Hall–Kier alpha value is -1.35. The fourth-order valence-electron chi connectivity index (χ4n) is 1.48. The molecule has 1 rings (SSSR count). The molecule has 1 amide bonds. The van der Waals surface area contributed by atoms with E-state index >= 15 is 0 Å². The van der Waals surface area contributed by atoms with Gasteiger partial charge in [0, 0.05) is 29.9 Å². The van der Waals surface area contributed by atoms with Gasteiger partial charge in [0.15, 0.2) is 0 Å². The molecule has 2 N–H and O–H groups in total. The summed E-state index contributed by atoms with van der Waals surface area (Å²) in [6.07, 6.45) is 1.82. The van der Waals surface area contributed by atoms with Crippen molar-refractivity contribution in [2.45, 2.75) is 32.7 Å². The molecule has 0 unspecified atom stereocenters. The monoisotopic (exact) mass is 295 g/mol. The molecule has 0 atom stereocenters. The highest BCUT2D eigenvalue weighted by Gasteiger charge is 2.05. The summed E-state index contributed by atoms with van der Waals surface area (Å²) in [5, 5.41) is 13.5. The normalized spacial score (nSPS) is 9.90. The summed E-state index contributed by atoms with van der Waals surface area (Å²) in [5.74, 6) is 5.88. The van der Waals surface area contributed by atoms with Gasteiger partial charge in [0.1, 0.15) is 0 Å². The van der Waals surface area contributed by atoms with Crippen molar-refractivity contribution in [3.8, 4) is 11.8 Å². The van der Waals surface area contributed by atoms with Crippen LogP contribution in [0.15, 0.2) is 11.4 Å². The number of hydrogen-bond donors (Lipinski definition) is 2. The highest BCUT2D eigenvalue weighted by Crippen LogP contribution is 2.15. The molecule has 4 nitrogen and oxygen atoms in total. The lowest BCUT2D eigenvalue weighted by Crippen LogP contribution is -2.23. The number of carbonyl (C=O) groups is 1. The molecule has 0 radical (unpaired) electrons. The second-order valence-electron chi connectivity index (χ2n) is 4.17. The van der Waals surface area contributed by atoms with E-state index in [1.165, 1.54) is 0 Å². The van der Waals surface area contributed by atoms with Crippen LogP contribution < -0.4 is 5.32 Å². The maximum Gasteiger partial charge on any atom is 0.222 e. The summed E-state index contributed by atoms with van der Waals surface area (Å²) in [7, 11) is 0. The fraction of sp³-hybridized carbons (Fsp3) is 0.533. The number of rotatable bonds is 8. The lowest BCUT2D eigenvalue weighted by atomic mass is 10.2. The average molecular weight is 295 g/mol. The summed E-state index contributed by atoms with van der Waals surface area (Å²) < 4.78 is 5.28. The van der Waals surface area contributed by atoms with Crippen LogP contribution in [0.4, 0.5) is 0 Å². The number of carbonyl (C=O) groups excluding carboxylic acids is 1. The molecule has 20 heavy (non-hydrogen) atoms. The lowest BCUT2D eigenvalue weighted by molar-refractivity contribution is -0.122. The molecule has 0 saturated heterocycles. The lowest BCUT2D eigenvalue weighted by Gasteiger charge is -2.05. The highest BCUT2D eigenvalue weighted by molar-refractivity contribution is 7.10. The predicted octanol–water partition coefficient (Wildman–Crippen LogP) is 1.91. The Morgan fingerprint density at radius 1 is 1.50 bits per heavy atom. The standard InChI is InChI=1S/C15H21NO3S/c1-2-9-19-10-6-15(18)16-12-14-13(7-11-20-14)5-3-4-8-17/h7,11,17H,2,4,6,8-10,12H2,1H3,(H,16,18). The van der Waals surface area contributed by atoms with E-state index in [2.05, 4.69) is 17.2 Å². The van der Waals surface area contributed by atoms with E-state index in [1.54, 1.807) is 11.3 Å². The highest BCUT2D eigenvalue weighted by atomic mass is 32.1. The summed E-state index contributed by atoms with van der Waals surface area (Å²) in [6, 6.07) is 1.93. The molecule has 0 aliphatic rings. The van der Waals surface area contributed by atoms with E-state index in [1.807, 2.05) is 18.4 Å². The van der Waals surface area contributed by atoms with Crippen molar-refractivity contribution in [3.05, 3.63) is 21.9 Å².